The maximum atomic E-state index is 13.2. The Hall–Kier alpha value is -2.92. The number of hydrogen-bond donors (Lipinski definition) is 0. The standard InChI is InChI=1S/C21H19NO3S/c1-16-8-12-19(13-9-16)22(21(23)18-6-4-3-5-7-18)26(24,25)20-14-10-17(2)11-15-20/h3-15H,1-2H3. The quantitative estimate of drug-likeness (QED) is 0.691. The number of hydrogen-bond acceptors (Lipinski definition) is 3. The van der Waals surface area contributed by atoms with Crippen molar-refractivity contribution in [1.82, 2.24) is 0 Å². The number of anilines is 1. The second kappa shape index (κ2) is 7.14. The molecule has 0 aliphatic carbocycles. The van der Waals surface area contributed by atoms with E-state index >= 15 is 0 Å². The third-order valence-corrected chi connectivity index (χ3v) is 5.76. The SMILES string of the molecule is Cc1ccc(N(C(=O)c2ccccc2)S(=O)(=O)c2ccc(C)cc2)cc1. The topological polar surface area (TPSA) is 54.5 Å². The molecule has 1 amide bonds. The van der Waals surface area contributed by atoms with Crippen LogP contribution < -0.4 is 4.31 Å². The van der Waals surface area contributed by atoms with Crippen molar-refractivity contribution in [3.05, 3.63) is 95.6 Å². The average molecular weight is 365 g/mol. The van der Waals surface area contributed by atoms with Gasteiger partial charge in [-0.25, -0.2) is 8.42 Å². The van der Waals surface area contributed by atoms with Crippen LogP contribution >= 0.6 is 0 Å². The molecule has 0 aliphatic rings. The second-order valence-electron chi connectivity index (χ2n) is 6.09. The van der Waals surface area contributed by atoms with Crippen LogP contribution in [0.5, 0.6) is 0 Å². The summed E-state index contributed by atoms with van der Waals surface area (Å²) in [6, 6.07) is 21.7. The normalized spacial score (nSPS) is 11.2. The molecule has 0 radical (unpaired) electrons. The van der Waals surface area contributed by atoms with E-state index in [9.17, 15) is 13.2 Å². The summed E-state index contributed by atoms with van der Waals surface area (Å²) in [5.74, 6) is -0.588. The van der Waals surface area contributed by atoms with Crippen LogP contribution in [0.1, 0.15) is 21.5 Å². The van der Waals surface area contributed by atoms with Crippen molar-refractivity contribution in [2.24, 2.45) is 0 Å². The number of benzene rings is 3. The van der Waals surface area contributed by atoms with Gasteiger partial charge in [-0.15, -0.1) is 0 Å². The Balaban J connectivity index is 2.15. The van der Waals surface area contributed by atoms with E-state index in [-0.39, 0.29) is 4.90 Å². The fraction of sp³-hybridized carbons (Fsp3) is 0.0952. The highest BCUT2D eigenvalue weighted by Gasteiger charge is 2.31. The van der Waals surface area contributed by atoms with Gasteiger partial charge in [-0.3, -0.25) is 4.79 Å². The number of nitrogens with zero attached hydrogens (tertiary/aromatic N) is 1. The molecule has 0 atom stereocenters. The van der Waals surface area contributed by atoms with Gasteiger partial charge in [-0.2, -0.15) is 4.31 Å². The Morgan fingerprint density at radius 1 is 0.731 bits per heavy atom. The lowest BCUT2D eigenvalue weighted by Gasteiger charge is -2.23. The molecule has 0 aliphatic heterocycles. The van der Waals surface area contributed by atoms with Gasteiger partial charge in [0.15, 0.2) is 0 Å². The predicted molar refractivity (Wildman–Crippen MR) is 103 cm³/mol. The molecule has 0 bridgehead atoms. The molecule has 0 spiro atoms. The summed E-state index contributed by atoms with van der Waals surface area (Å²) in [4.78, 5) is 13.1. The molecular weight excluding hydrogens is 346 g/mol. The maximum Gasteiger partial charge on any atom is 0.272 e. The molecule has 3 aromatic carbocycles. The smallest absolute Gasteiger partial charge is 0.268 e. The predicted octanol–water partition coefficient (Wildman–Crippen LogP) is 4.34. The van der Waals surface area contributed by atoms with Gasteiger partial charge < -0.3 is 0 Å². The zero-order valence-corrected chi connectivity index (χ0v) is 15.4. The minimum absolute atomic E-state index is 0.0768. The minimum atomic E-state index is -4.05. The largest absolute Gasteiger partial charge is 0.272 e. The highest BCUT2D eigenvalue weighted by Crippen LogP contribution is 2.26. The molecule has 0 saturated carbocycles. The first-order chi connectivity index (χ1) is 12.4. The van der Waals surface area contributed by atoms with Crippen molar-refractivity contribution in [1.29, 1.82) is 0 Å². The molecule has 0 fully saturated rings. The first-order valence-corrected chi connectivity index (χ1v) is 9.61. The van der Waals surface area contributed by atoms with Crippen molar-refractivity contribution in [3.8, 4) is 0 Å². The van der Waals surface area contributed by atoms with E-state index in [0.29, 0.717) is 11.3 Å². The lowest BCUT2D eigenvalue weighted by Crippen LogP contribution is -2.37. The molecule has 3 rings (SSSR count). The fourth-order valence-corrected chi connectivity index (χ4v) is 3.97. The third kappa shape index (κ3) is 3.53. The van der Waals surface area contributed by atoms with Crippen molar-refractivity contribution in [3.63, 3.8) is 0 Å². The Morgan fingerprint density at radius 3 is 1.77 bits per heavy atom. The molecule has 0 saturated heterocycles. The molecular formula is C21H19NO3S. The van der Waals surface area contributed by atoms with Crippen LogP contribution in [0, 0.1) is 13.8 Å². The van der Waals surface area contributed by atoms with Crippen LogP contribution in [-0.4, -0.2) is 14.3 Å². The van der Waals surface area contributed by atoms with Crippen molar-refractivity contribution >= 4 is 21.6 Å². The Bertz CT molecular complexity index is 1010. The van der Waals surface area contributed by atoms with Gasteiger partial charge in [0.2, 0.25) is 0 Å². The van der Waals surface area contributed by atoms with Crippen LogP contribution in [0.2, 0.25) is 0 Å². The van der Waals surface area contributed by atoms with Gasteiger partial charge in [-0.05, 0) is 50.2 Å². The van der Waals surface area contributed by atoms with E-state index in [4.69, 9.17) is 0 Å². The monoisotopic (exact) mass is 365 g/mol. The van der Waals surface area contributed by atoms with Crippen LogP contribution in [0.25, 0.3) is 0 Å². The van der Waals surface area contributed by atoms with Crippen molar-refractivity contribution in [2.45, 2.75) is 18.7 Å². The molecule has 0 N–H and O–H groups in total. The summed E-state index contributed by atoms with van der Waals surface area (Å²) in [5.41, 5.74) is 2.54. The number of sulfonamides is 1. The molecule has 0 unspecified atom stereocenters. The van der Waals surface area contributed by atoms with Gasteiger partial charge in [0.1, 0.15) is 0 Å². The van der Waals surface area contributed by atoms with E-state index in [1.54, 1.807) is 66.7 Å². The first-order valence-electron chi connectivity index (χ1n) is 8.17. The Morgan fingerprint density at radius 2 is 1.23 bits per heavy atom. The number of amides is 1. The molecule has 26 heavy (non-hydrogen) atoms. The van der Waals surface area contributed by atoms with Gasteiger partial charge >= 0.3 is 0 Å². The van der Waals surface area contributed by atoms with E-state index in [2.05, 4.69) is 0 Å². The van der Waals surface area contributed by atoms with E-state index in [0.717, 1.165) is 15.4 Å². The Labute approximate surface area is 153 Å². The van der Waals surface area contributed by atoms with E-state index in [1.165, 1.54) is 12.1 Å². The van der Waals surface area contributed by atoms with Gasteiger partial charge in [0.05, 0.1) is 10.6 Å². The first kappa shape index (κ1) is 17.9. The summed E-state index contributed by atoms with van der Waals surface area (Å²) >= 11 is 0. The molecule has 5 heteroatoms. The lowest BCUT2D eigenvalue weighted by molar-refractivity contribution is 0.101. The van der Waals surface area contributed by atoms with Crippen molar-refractivity contribution < 1.29 is 13.2 Å². The summed E-state index contributed by atoms with van der Waals surface area (Å²) in [6.45, 7) is 3.78. The minimum Gasteiger partial charge on any atom is -0.268 e. The van der Waals surface area contributed by atoms with Crippen LogP contribution in [0.3, 0.4) is 0 Å². The summed E-state index contributed by atoms with van der Waals surface area (Å²) < 4.78 is 27.4. The molecule has 0 heterocycles. The maximum absolute atomic E-state index is 13.2. The fourth-order valence-electron chi connectivity index (χ4n) is 2.56. The molecule has 4 nitrogen and oxygen atoms in total. The summed E-state index contributed by atoms with van der Waals surface area (Å²) in [6.07, 6.45) is 0. The van der Waals surface area contributed by atoms with Crippen LogP contribution in [0.15, 0.2) is 83.8 Å². The number of rotatable bonds is 4. The van der Waals surface area contributed by atoms with E-state index in [1.807, 2.05) is 13.8 Å². The second-order valence-corrected chi connectivity index (χ2v) is 7.88. The Kier molecular flexibility index (Phi) is 4.91. The highest BCUT2D eigenvalue weighted by atomic mass is 32.2. The van der Waals surface area contributed by atoms with E-state index < -0.39 is 15.9 Å². The molecule has 0 aromatic heterocycles. The zero-order chi connectivity index (χ0) is 18.7. The lowest BCUT2D eigenvalue weighted by atomic mass is 10.2. The van der Waals surface area contributed by atoms with Crippen molar-refractivity contribution in [2.75, 3.05) is 4.31 Å². The zero-order valence-electron chi connectivity index (χ0n) is 14.6. The van der Waals surface area contributed by atoms with Gasteiger partial charge in [0, 0.05) is 5.56 Å². The summed E-state index contributed by atoms with van der Waals surface area (Å²) in [5, 5.41) is 0. The van der Waals surface area contributed by atoms with Gasteiger partial charge in [-0.1, -0.05) is 53.6 Å². The highest BCUT2D eigenvalue weighted by molar-refractivity contribution is 7.93. The summed E-state index contributed by atoms with van der Waals surface area (Å²) in [7, 11) is -4.05. The van der Waals surface area contributed by atoms with Crippen LogP contribution in [0.4, 0.5) is 5.69 Å². The van der Waals surface area contributed by atoms with Crippen LogP contribution in [-0.2, 0) is 10.0 Å². The number of carbonyl (C=O) groups is 1. The average Bonchev–Trinajstić information content (AvgIpc) is 2.64. The number of aryl methyl sites for hydroxylation is 2. The third-order valence-electron chi connectivity index (χ3n) is 4.03. The molecule has 3 aromatic rings. The molecule has 132 valence electrons. The number of carbonyl (C=O) groups excluding carboxylic acids is 1. The van der Waals surface area contributed by atoms with Gasteiger partial charge in [0.25, 0.3) is 15.9 Å².